The van der Waals surface area contributed by atoms with Gasteiger partial charge in [-0.1, -0.05) is 12.1 Å². The fourth-order valence-corrected chi connectivity index (χ4v) is 4.05. The van der Waals surface area contributed by atoms with Gasteiger partial charge in [-0.25, -0.2) is 23.7 Å². The summed E-state index contributed by atoms with van der Waals surface area (Å²) >= 11 is 0. The number of carbonyl (C=O) groups excluding carboxylic acids is 1. The number of rotatable bonds is 4. The van der Waals surface area contributed by atoms with Crippen molar-refractivity contribution in [3.8, 4) is 5.75 Å². The molecule has 0 aliphatic carbocycles. The fraction of sp³-hybridized carbons (Fsp3) is 0.130. The first-order valence-electron chi connectivity index (χ1n) is 9.83. The molecule has 5 rings (SSSR count). The van der Waals surface area contributed by atoms with Gasteiger partial charge in [0.25, 0.3) is 0 Å². The van der Waals surface area contributed by atoms with Crippen molar-refractivity contribution < 1.29 is 18.3 Å². The van der Waals surface area contributed by atoms with Gasteiger partial charge in [0.1, 0.15) is 41.3 Å². The van der Waals surface area contributed by atoms with Crippen LogP contribution in [-0.2, 0) is 4.79 Å². The predicted octanol–water partition coefficient (Wildman–Crippen LogP) is 4.03. The normalized spacial score (nSPS) is 16.5. The molecule has 2 aromatic carbocycles. The zero-order valence-corrected chi connectivity index (χ0v) is 16.9. The molecular weight excluding hydrogens is 416 g/mol. The molecule has 2 atom stereocenters. The molecule has 0 saturated carbocycles. The van der Waals surface area contributed by atoms with Crippen molar-refractivity contribution in [3.05, 3.63) is 83.6 Å². The van der Waals surface area contributed by atoms with Crippen LogP contribution in [0.1, 0.15) is 30.0 Å². The number of nitrogens with zero attached hydrogens (tertiary/aromatic N) is 4. The molecule has 160 valence electrons. The van der Waals surface area contributed by atoms with Crippen molar-refractivity contribution in [3.63, 3.8) is 0 Å². The number of aldehydes is 1. The summed E-state index contributed by atoms with van der Waals surface area (Å²) in [4.78, 5) is 24.8. The smallest absolute Gasteiger partial charge is 0.166 e. The van der Waals surface area contributed by atoms with Gasteiger partial charge in [-0.15, -0.1) is 0 Å². The summed E-state index contributed by atoms with van der Waals surface area (Å²) in [6.45, 7) is 1.84. The van der Waals surface area contributed by atoms with Crippen LogP contribution in [0.25, 0.3) is 16.7 Å². The Morgan fingerprint density at radius 2 is 1.94 bits per heavy atom. The Labute approximate surface area is 181 Å². The number of imidazole rings is 1. The molecule has 0 fully saturated rings. The Hall–Kier alpha value is -4.14. The van der Waals surface area contributed by atoms with Gasteiger partial charge in [0.2, 0.25) is 0 Å². The van der Waals surface area contributed by atoms with E-state index in [1.807, 2.05) is 6.92 Å². The van der Waals surface area contributed by atoms with Gasteiger partial charge < -0.3 is 19.8 Å². The van der Waals surface area contributed by atoms with Gasteiger partial charge in [0.05, 0.1) is 18.3 Å². The average Bonchev–Trinajstić information content (AvgIpc) is 3.23. The Morgan fingerprint density at radius 3 is 2.72 bits per heavy atom. The van der Waals surface area contributed by atoms with Gasteiger partial charge in [-0.3, -0.25) is 0 Å². The molecule has 9 heteroatoms. The van der Waals surface area contributed by atoms with Crippen molar-refractivity contribution in [2.45, 2.75) is 18.9 Å². The molecule has 32 heavy (non-hydrogen) atoms. The Bertz CT molecular complexity index is 1400. The second-order valence-electron chi connectivity index (χ2n) is 7.45. The summed E-state index contributed by atoms with van der Waals surface area (Å²) in [5.41, 5.74) is 8.08. The molecule has 4 aromatic rings. The molecule has 0 amide bonds. The minimum atomic E-state index is -0.858. The number of ether oxygens (including phenoxy) is 1. The average molecular weight is 433 g/mol. The third kappa shape index (κ3) is 3.09. The Kier molecular flexibility index (Phi) is 4.66. The van der Waals surface area contributed by atoms with E-state index < -0.39 is 23.6 Å². The summed E-state index contributed by atoms with van der Waals surface area (Å²) < 4.78 is 36.0. The van der Waals surface area contributed by atoms with Crippen LogP contribution in [0.2, 0.25) is 0 Å². The van der Waals surface area contributed by atoms with Gasteiger partial charge in [0.15, 0.2) is 11.5 Å². The van der Waals surface area contributed by atoms with Crippen molar-refractivity contribution >= 4 is 28.8 Å². The van der Waals surface area contributed by atoms with Crippen LogP contribution in [0.4, 0.5) is 14.6 Å². The van der Waals surface area contributed by atoms with E-state index in [1.54, 1.807) is 23.0 Å². The number of fused-ring (bicyclic) bond motifs is 2. The molecule has 0 bridgehead atoms. The predicted molar refractivity (Wildman–Crippen MR) is 114 cm³/mol. The molecule has 0 spiro atoms. The lowest BCUT2D eigenvalue weighted by atomic mass is 9.83. The topological polar surface area (TPSA) is 95.9 Å². The van der Waals surface area contributed by atoms with Gasteiger partial charge in [-0.2, -0.15) is 0 Å². The molecule has 2 N–H and O–H groups in total. The highest BCUT2D eigenvalue weighted by Crippen LogP contribution is 2.46. The van der Waals surface area contributed by atoms with E-state index in [0.717, 1.165) is 0 Å². The zero-order valence-electron chi connectivity index (χ0n) is 16.9. The van der Waals surface area contributed by atoms with Crippen LogP contribution < -0.4 is 10.5 Å². The second-order valence-corrected chi connectivity index (χ2v) is 7.45. The highest BCUT2D eigenvalue weighted by atomic mass is 19.1. The minimum absolute atomic E-state index is 0.233. The summed E-state index contributed by atoms with van der Waals surface area (Å²) in [5, 5.41) is 0. The molecule has 0 saturated heterocycles. The lowest BCUT2D eigenvalue weighted by Crippen LogP contribution is -2.22. The van der Waals surface area contributed by atoms with Gasteiger partial charge in [-0.05, 0) is 42.8 Å². The maximum absolute atomic E-state index is 14.1. The summed E-state index contributed by atoms with van der Waals surface area (Å²) in [6, 6.07) is 9.34. The SMILES string of the molecule is CC(C1=C(c2cccc(F)c2)C(C=O)c2cc(F)ccc2O1)n1cnc2c(N)ncnc21. The number of aromatic nitrogens is 4. The number of benzene rings is 2. The number of halogens is 2. The number of hydrogen-bond acceptors (Lipinski definition) is 6. The first kappa shape index (κ1) is 19.8. The summed E-state index contributed by atoms with van der Waals surface area (Å²) in [7, 11) is 0. The van der Waals surface area contributed by atoms with Gasteiger partial charge >= 0.3 is 0 Å². The standard InChI is InChI=1S/C23H17F2N5O2/c1-12(30-11-29-20-22(26)27-10-28-23(20)30)21-19(13-3-2-4-14(24)7-13)17(9-31)16-8-15(25)5-6-18(16)32-21/h2-12,17H,1H3,(H2,26,27,28). The van der Waals surface area contributed by atoms with Gasteiger partial charge in [0, 0.05) is 11.1 Å². The summed E-state index contributed by atoms with van der Waals surface area (Å²) in [6.07, 6.45) is 3.59. The highest BCUT2D eigenvalue weighted by molar-refractivity contribution is 5.90. The van der Waals surface area contributed by atoms with E-state index in [4.69, 9.17) is 10.5 Å². The molecule has 0 radical (unpaired) electrons. The van der Waals surface area contributed by atoms with Crippen molar-refractivity contribution in [1.82, 2.24) is 19.5 Å². The largest absolute Gasteiger partial charge is 0.459 e. The van der Waals surface area contributed by atoms with E-state index in [2.05, 4.69) is 15.0 Å². The molecule has 7 nitrogen and oxygen atoms in total. The van der Waals surface area contributed by atoms with Crippen molar-refractivity contribution in [2.24, 2.45) is 0 Å². The number of hydrogen-bond donors (Lipinski definition) is 1. The second kappa shape index (κ2) is 7.52. The molecular formula is C23H17F2N5O2. The molecule has 3 heterocycles. The lowest BCUT2D eigenvalue weighted by molar-refractivity contribution is -0.108. The monoisotopic (exact) mass is 433 g/mol. The molecule has 2 aromatic heterocycles. The van der Waals surface area contributed by atoms with Crippen LogP contribution >= 0.6 is 0 Å². The first-order valence-corrected chi connectivity index (χ1v) is 9.83. The van der Waals surface area contributed by atoms with E-state index in [9.17, 15) is 13.6 Å². The maximum atomic E-state index is 14.1. The van der Waals surface area contributed by atoms with Crippen LogP contribution in [0.5, 0.6) is 5.75 Å². The van der Waals surface area contributed by atoms with E-state index in [0.29, 0.717) is 45.7 Å². The maximum Gasteiger partial charge on any atom is 0.166 e. The minimum Gasteiger partial charge on any atom is -0.459 e. The number of allylic oxidation sites excluding steroid dienone is 2. The van der Waals surface area contributed by atoms with Crippen LogP contribution in [0.3, 0.4) is 0 Å². The number of nitrogens with two attached hydrogens (primary N) is 1. The number of carbonyl (C=O) groups is 1. The Morgan fingerprint density at radius 1 is 1.12 bits per heavy atom. The molecule has 1 aliphatic rings. The van der Waals surface area contributed by atoms with Crippen LogP contribution in [0.15, 0.2) is 60.9 Å². The fourth-order valence-electron chi connectivity index (χ4n) is 4.05. The van der Waals surface area contributed by atoms with E-state index in [1.165, 1.54) is 36.7 Å². The van der Waals surface area contributed by atoms with Crippen LogP contribution in [-0.4, -0.2) is 25.8 Å². The zero-order chi connectivity index (χ0) is 22.4. The summed E-state index contributed by atoms with van der Waals surface area (Å²) in [5.74, 6) is -0.848. The van der Waals surface area contributed by atoms with Crippen molar-refractivity contribution in [2.75, 3.05) is 5.73 Å². The molecule has 1 aliphatic heterocycles. The number of anilines is 1. The highest BCUT2D eigenvalue weighted by Gasteiger charge is 2.34. The van der Waals surface area contributed by atoms with Crippen molar-refractivity contribution in [1.29, 1.82) is 0 Å². The molecule has 2 unspecified atom stereocenters. The van der Waals surface area contributed by atoms with E-state index in [-0.39, 0.29) is 5.82 Å². The number of nitrogen functional groups attached to an aromatic ring is 1. The van der Waals surface area contributed by atoms with Crippen LogP contribution in [0, 0.1) is 11.6 Å². The third-order valence-electron chi connectivity index (χ3n) is 5.56. The third-order valence-corrected chi connectivity index (χ3v) is 5.56. The van der Waals surface area contributed by atoms with E-state index >= 15 is 0 Å². The lowest BCUT2D eigenvalue weighted by Gasteiger charge is -2.31. The Balaban J connectivity index is 1.75. The first-order chi connectivity index (χ1) is 15.5. The quantitative estimate of drug-likeness (QED) is 0.488.